The molecule has 0 radical (unpaired) electrons. The number of aromatic amines is 1. The number of hydrogen-bond donors (Lipinski definition) is 5. The molecule has 1 aromatic rings. The van der Waals surface area contributed by atoms with E-state index in [9.17, 15) is 24.3 Å². The number of nitrogens with two attached hydrogens (primary N) is 1. The first-order valence-electron chi connectivity index (χ1n) is 11.0. The van der Waals surface area contributed by atoms with Gasteiger partial charge in [0, 0.05) is 24.9 Å². The Morgan fingerprint density at radius 3 is 2.64 bits per heavy atom. The maximum Gasteiger partial charge on any atom is 0.326 e. The summed E-state index contributed by atoms with van der Waals surface area (Å²) in [6, 6.07) is -3.51. The molecule has 0 bridgehead atoms. The molecule has 3 amide bonds. The second-order valence-corrected chi connectivity index (χ2v) is 9.47. The molecule has 1 saturated heterocycles. The fraction of sp³-hybridized carbons (Fsp3) is 0.667. The minimum atomic E-state index is -1.12. The van der Waals surface area contributed by atoms with Gasteiger partial charge in [0.05, 0.1) is 12.4 Å². The van der Waals surface area contributed by atoms with Gasteiger partial charge in [0.25, 0.3) is 0 Å². The van der Waals surface area contributed by atoms with Crippen LogP contribution in [0.2, 0.25) is 0 Å². The van der Waals surface area contributed by atoms with Crippen molar-refractivity contribution in [1.82, 2.24) is 25.5 Å². The number of nitrogens with one attached hydrogen (secondary N) is 3. The van der Waals surface area contributed by atoms with Crippen molar-refractivity contribution in [3.8, 4) is 0 Å². The van der Waals surface area contributed by atoms with Gasteiger partial charge in [-0.1, -0.05) is 13.8 Å². The van der Waals surface area contributed by atoms with Gasteiger partial charge in [-0.05, 0) is 37.2 Å². The van der Waals surface area contributed by atoms with Crippen LogP contribution in [0.4, 0.5) is 0 Å². The number of rotatable bonds is 12. The first-order chi connectivity index (χ1) is 15.6. The zero-order valence-electron chi connectivity index (χ0n) is 19.2. The number of aliphatic carboxylic acids is 1. The van der Waals surface area contributed by atoms with Crippen LogP contribution in [-0.4, -0.2) is 86.4 Å². The van der Waals surface area contributed by atoms with Gasteiger partial charge in [0.2, 0.25) is 17.7 Å². The van der Waals surface area contributed by atoms with E-state index in [1.165, 1.54) is 23.0 Å². The summed E-state index contributed by atoms with van der Waals surface area (Å²) in [5, 5.41) is 14.7. The van der Waals surface area contributed by atoms with E-state index in [4.69, 9.17) is 5.73 Å². The third-order valence-electron chi connectivity index (χ3n) is 5.63. The lowest BCUT2D eigenvalue weighted by Gasteiger charge is -2.30. The first kappa shape index (κ1) is 26.7. The van der Waals surface area contributed by atoms with Gasteiger partial charge in [0.1, 0.15) is 18.1 Å². The van der Waals surface area contributed by atoms with E-state index in [1.807, 2.05) is 6.26 Å². The lowest BCUT2D eigenvalue weighted by molar-refractivity contribution is -0.145. The standard InChI is InChI=1S/C21H34N6O5S/c1-12(2)17(21(31)32)26-19(29)16-5-4-7-27(16)20(30)15(6-8-33-3)25-18(28)14(22)9-13-10-23-11-24-13/h10-12,14-17H,4-9,22H2,1-3H3,(H,23,24)(H,25,28)(H,26,29)(H,31,32). The number of carbonyl (C=O) groups is 4. The van der Waals surface area contributed by atoms with E-state index in [1.54, 1.807) is 20.0 Å². The zero-order chi connectivity index (χ0) is 24.5. The average molecular weight is 483 g/mol. The largest absolute Gasteiger partial charge is 0.480 e. The molecule has 2 heterocycles. The molecule has 0 aromatic carbocycles. The maximum atomic E-state index is 13.3. The molecule has 12 heteroatoms. The van der Waals surface area contributed by atoms with Crippen LogP contribution in [0.3, 0.4) is 0 Å². The molecule has 1 aromatic heterocycles. The Bertz CT molecular complexity index is 818. The molecule has 4 atom stereocenters. The predicted octanol–water partition coefficient (Wildman–Crippen LogP) is -0.266. The normalized spacial score (nSPS) is 18.6. The summed E-state index contributed by atoms with van der Waals surface area (Å²) in [7, 11) is 0. The molecule has 0 spiro atoms. The van der Waals surface area contributed by atoms with E-state index in [0.717, 1.165) is 0 Å². The monoisotopic (exact) mass is 482 g/mol. The lowest BCUT2D eigenvalue weighted by atomic mass is 10.0. The number of carbonyl (C=O) groups excluding carboxylic acids is 3. The van der Waals surface area contributed by atoms with E-state index in [-0.39, 0.29) is 18.2 Å². The van der Waals surface area contributed by atoms with Crippen LogP contribution in [0.1, 0.15) is 38.8 Å². The summed E-state index contributed by atoms with van der Waals surface area (Å²) >= 11 is 1.54. The Morgan fingerprint density at radius 1 is 1.33 bits per heavy atom. The maximum absolute atomic E-state index is 13.3. The fourth-order valence-corrected chi connectivity index (χ4v) is 4.24. The molecule has 11 nitrogen and oxygen atoms in total. The minimum Gasteiger partial charge on any atom is -0.480 e. The van der Waals surface area contributed by atoms with Crippen LogP contribution in [0, 0.1) is 5.92 Å². The molecular weight excluding hydrogens is 448 g/mol. The Hall–Kier alpha value is -2.60. The van der Waals surface area contributed by atoms with Gasteiger partial charge >= 0.3 is 5.97 Å². The highest BCUT2D eigenvalue weighted by atomic mass is 32.2. The zero-order valence-corrected chi connectivity index (χ0v) is 20.1. The molecule has 1 aliphatic heterocycles. The number of amides is 3. The Labute approximate surface area is 197 Å². The Morgan fingerprint density at radius 2 is 2.06 bits per heavy atom. The van der Waals surface area contributed by atoms with E-state index in [2.05, 4.69) is 20.6 Å². The van der Waals surface area contributed by atoms with Crippen molar-refractivity contribution >= 4 is 35.5 Å². The van der Waals surface area contributed by atoms with Gasteiger partial charge < -0.3 is 31.4 Å². The van der Waals surface area contributed by atoms with Crippen molar-refractivity contribution in [2.75, 3.05) is 18.6 Å². The van der Waals surface area contributed by atoms with Gasteiger partial charge in [-0.25, -0.2) is 9.78 Å². The third kappa shape index (κ3) is 7.46. The summed E-state index contributed by atoms with van der Waals surface area (Å²) in [4.78, 5) is 58.6. The molecule has 2 rings (SSSR count). The first-order valence-corrected chi connectivity index (χ1v) is 12.4. The van der Waals surface area contributed by atoms with E-state index in [0.29, 0.717) is 37.3 Å². The topological polar surface area (TPSA) is 171 Å². The second-order valence-electron chi connectivity index (χ2n) is 8.49. The number of likely N-dealkylation sites (tertiary alicyclic amines) is 1. The lowest BCUT2D eigenvalue weighted by Crippen LogP contribution is -2.57. The third-order valence-corrected chi connectivity index (χ3v) is 6.27. The van der Waals surface area contributed by atoms with E-state index >= 15 is 0 Å². The van der Waals surface area contributed by atoms with Crippen molar-refractivity contribution in [1.29, 1.82) is 0 Å². The number of carboxylic acids is 1. The van der Waals surface area contributed by atoms with Gasteiger partial charge in [-0.3, -0.25) is 14.4 Å². The number of imidazole rings is 1. The van der Waals surface area contributed by atoms with Crippen LogP contribution in [0.15, 0.2) is 12.5 Å². The van der Waals surface area contributed by atoms with Crippen molar-refractivity contribution in [2.24, 2.45) is 11.7 Å². The summed E-state index contributed by atoms with van der Waals surface area (Å²) in [5.41, 5.74) is 6.72. The Balaban J connectivity index is 2.08. The summed E-state index contributed by atoms with van der Waals surface area (Å²) < 4.78 is 0. The quantitative estimate of drug-likeness (QED) is 0.271. The number of aromatic nitrogens is 2. The molecule has 4 unspecified atom stereocenters. The van der Waals surface area contributed by atoms with Crippen LogP contribution < -0.4 is 16.4 Å². The van der Waals surface area contributed by atoms with Gasteiger partial charge in [-0.2, -0.15) is 11.8 Å². The summed E-state index contributed by atoms with van der Waals surface area (Å²) in [5.74, 6) is -2.11. The number of H-pyrrole nitrogens is 1. The average Bonchev–Trinajstić information content (AvgIpc) is 3.45. The summed E-state index contributed by atoms with van der Waals surface area (Å²) in [6.45, 7) is 3.77. The van der Waals surface area contributed by atoms with Crippen LogP contribution in [0.5, 0.6) is 0 Å². The highest BCUT2D eigenvalue weighted by molar-refractivity contribution is 7.98. The number of hydrogen-bond acceptors (Lipinski definition) is 7. The Kier molecular flexibility index (Phi) is 10.2. The second kappa shape index (κ2) is 12.6. The minimum absolute atomic E-state index is 0.246. The number of thioether (sulfide) groups is 1. The highest BCUT2D eigenvalue weighted by Crippen LogP contribution is 2.20. The van der Waals surface area contributed by atoms with Crippen LogP contribution >= 0.6 is 11.8 Å². The predicted molar refractivity (Wildman–Crippen MR) is 124 cm³/mol. The van der Waals surface area contributed by atoms with Gasteiger partial charge in [0.15, 0.2) is 0 Å². The molecule has 0 saturated carbocycles. The molecule has 33 heavy (non-hydrogen) atoms. The number of carboxylic acid groups (broad SMARTS) is 1. The van der Waals surface area contributed by atoms with Crippen molar-refractivity contribution in [2.45, 2.75) is 63.7 Å². The van der Waals surface area contributed by atoms with Gasteiger partial charge in [-0.15, -0.1) is 0 Å². The van der Waals surface area contributed by atoms with Crippen molar-refractivity contribution < 1.29 is 24.3 Å². The van der Waals surface area contributed by atoms with Crippen molar-refractivity contribution in [3.63, 3.8) is 0 Å². The highest BCUT2D eigenvalue weighted by Gasteiger charge is 2.39. The smallest absolute Gasteiger partial charge is 0.326 e. The van der Waals surface area contributed by atoms with E-state index < -0.39 is 42.0 Å². The molecular formula is C21H34N6O5S. The molecule has 6 N–H and O–H groups in total. The summed E-state index contributed by atoms with van der Waals surface area (Å²) in [6.07, 6.45) is 6.66. The van der Waals surface area contributed by atoms with Crippen molar-refractivity contribution in [3.05, 3.63) is 18.2 Å². The molecule has 1 fully saturated rings. The number of nitrogens with zero attached hydrogens (tertiary/aromatic N) is 2. The van der Waals surface area contributed by atoms with Crippen LogP contribution in [-0.2, 0) is 25.6 Å². The molecule has 184 valence electrons. The van der Waals surface area contributed by atoms with Crippen LogP contribution in [0.25, 0.3) is 0 Å². The molecule has 0 aliphatic carbocycles. The fourth-order valence-electron chi connectivity index (χ4n) is 3.76. The molecule has 1 aliphatic rings. The SMILES string of the molecule is CSCCC(NC(=O)C(N)Cc1cnc[nH]1)C(=O)N1CCCC1C(=O)NC(C(=O)O)C(C)C.